The van der Waals surface area contributed by atoms with Crippen LogP contribution in [0, 0.1) is 18.3 Å². The lowest BCUT2D eigenvalue weighted by molar-refractivity contribution is 0.878. The number of nitriles is 1. The summed E-state index contributed by atoms with van der Waals surface area (Å²) in [5.41, 5.74) is 2.30. The maximum Gasteiger partial charge on any atom is 0.0747 e. The highest BCUT2D eigenvalue weighted by Gasteiger charge is 2.06. The number of rotatable bonds is 3. The molecule has 0 amide bonds. The van der Waals surface area contributed by atoms with Crippen molar-refractivity contribution in [3.05, 3.63) is 48.0 Å². The van der Waals surface area contributed by atoms with E-state index in [2.05, 4.69) is 12.6 Å². The Bertz CT molecular complexity index is 316. The Labute approximate surface area is 79.3 Å². The van der Waals surface area contributed by atoms with Crippen LogP contribution in [-0.2, 0) is 0 Å². The second-order valence-electron chi connectivity index (χ2n) is 3.12. The van der Waals surface area contributed by atoms with Crippen LogP contribution in [0.25, 0.3) is 0 Å². The summed E-state index contributed by atoms with van der Waals surface area (Å²) in [5, 5.41) is 8.88. The van der Waals surface area contributed by atoms with Crippen LogP contribution in [0.5, 0.6) is 0 Å². The van der Waals surface area contributed by atoms with Crippen LogP contribution in [-0.4, -0.2) is 0 Å². The number of nitrogens with zero attached hydrogens (tertiary/aromatic N) is 1. The highest BCUT2D eigenvalue weighted by Crippen LogP contribution is 2.19. The van der Waals surface area contributed by atoms with Crippen LogP contribution >= 0.6 is 0 Å². The first-order chi connectivity index (χ1) is 6.27. The fourth-order valence-electron chi connectivity index (χ4n) is 1.23. The van der Waals surface area contributed by atoms with Crippen LogP contribution < -0.4 is 0 Å². The lowest BCUT2D eigenvalue weighted by Gasteiger charge is -2.06. The zero-order chi connectivity index (χ0) is 9.68. The molecule has 66 valence electrons. The predicted octanol–water partition coefficient (Wildman–Crippen LogP) is 3.18. The summed E-state index contributed by atoms with van der Waals surface area (Å²) >= 11 is 0. The zero-order valence-electron chi connectivity index (χ0n) is 7.83. The molecule has 0 bridgehead atoms. The third-order valence-corrected chi connectivity index (χ3v) is 2.04. The summed E-state index contributed by atoms with van der Waals surface area (Å²) < 4.78 is 0. The van der Waals surface area contributed by atoms with E-state index in [1.165, 1.54) is 5.56 Å². The lowest BCUT2D eigenvalue weighted by atomic mass is 9.96. The second-order valence-corrected chi connectivity index (χ2v) is 3.12. The molecule has 0 N–H and O–H groups in total. The van der Waals surface area contributed by atoms with Crippen molar-refractivity contribution in [1.82, 2.24) is 0 Å². The Kier molecular flexibility index (Phi) is 3.28. The Hall–Kier alpha value is -1.55. The summed E-state index contributed by atoms with van der Waals surface area (Å²) in [6, 6.07) is 10.3. The largest absolute Gasteiger partial charge is 0.198 e. The van der Waals surface area contributed by atoms with Crippen LogP contribution in [0.15, 0.2) is 36.9 Å². The molecule has 1 heteroatoms. The molecule has 1 atom stereocenters. The van der Waals surface area contributed by atoms with Gasteiger partial charge in [0, 0.05) is 0 Å². The highest BCUT2D eigenvalue weighted by atomic mass is 14.3. The monoisotopic (exact) mass is 171 g/mol. The van der Waals surface area contributed by atoms with Crippen LogP contribution in [0.3, 0.4) is 0 Å². The minimum atomic E-state index is -0.0434. The van der Waals surface area contributed by atoms with Gasteiger partial charge in [-0.3, -0.25) is 0 Å². The molecule has 0 spiro atoms. The Balaban J connectivity index is 2.87. The quantitative estimate of drug-likeness (QED) is 0.641. The molecule has 0 aromatic heterocycles. The van der Waals surface area contributed by atoms with Gasteiger partial charge < -0.3 is 0 Å². The second kappa shape index (κ2) is 4.47. The van der Waals surface area contributed by atoms with Crippen molar-refractivity contribution >= 4 is 0 Å². The van der Waals surface area contributed by atoms with E-state index in [9.17, 15) is 0 Å². The number of aryl methyl sites for hydroxylation is 1. The summed E-state index contributed by atoms with van der Waals surface area (Å²) in [4.78, 5) is 0. The van der Waals surface area contributed by atoms with E-state index in [1.54, 1.807) is 6.08 Å². The van der Waals surface area contributed by atoms with Crippen molar-refractivity contribution in [2.75, 3.05) is 0 Å². The summed E-state index contributed by atoms with van der Waals surface area (Å²) in [6.45, 7) is 5.68. The normalized spacial score (nSPS) is 11.7. The molecule has 0 fully saturated rings. The molecule has 1 rings (SSSR count). The molecular formula is C12H13N. The van der Waals surface area contributed by atoms with Crippen molar-refractivity contribution in [2.45, 2.75) is 19.3 Å². The number of allylic oxidation sites excluding steroid dienone is 1. The van der Waals surface area contributed by atoms with Crippen LogP contribution in [0.4, 0.5) is 0 Å². The first kappa shape index (κ1) is 9.54. The number of benzene rings is 1. The topological polar surface area (TPSA) is 23.8 Å². The maximum absolute atomic E-state index is 8.88. The molecule has 0 radical (unpaired) electrons. The molecule has 0 saturated carbocycles. The standard InChI is InChI=1S/C12H13N/c1-3-4-12(9-13)11-7-5-10(2)6-8-11/h3,5-8,12H,1,4H2,2H3/t12-/m0/s1. The van der Waals surface area contributed by atoms with Gasteiger partial charge in [-0.15, -0.1) is 6.58 Å². The molecule has 0 aliphatic heterocycles. The van der Waals surface area contributed by atoms with E-state index < -0.39 is 0 Å². The minimum absolute atomic E-state index is 0.0434. The zero-order valence-corrected chi connectivity index (χ0v) is 7.83. The minimum Gasteiger partial charge on any atom is -0.198 e. The molecular weight excluding hydrogens is 158 g/mol. The molecule has 1 aromatic carbocycles. The maximum atomic E-state index is 8.88. The highest BCUT2D eigenvalue weighted by molar-refractivity contribution is 5.28. The first-order valence-corrected chi connectivity index (χ1v) is 4.35. The molecule has 0 aliphatic rings. The van der Waals surface area contributed by atoms with E-state index >= 15 is 0 Å². The van der Waals surface area contributed by atoms with E-state index in [0.717, 1.165) is 12.0 Å². The third-order valence-electron chi connectivity index (χ3n) is 2.04. The van der Waals surface area contributed by atoms with E-state index in [4.69, 9.17) is 5.26 Å². The predicted molar refractivity (Wildman–Crippen MR) is 54.3 cm³/mol. The smallest absolute Gasteiger partial charge is 0.0747 e. The molecule has 13 heavy (non-hydrogen) atoms. The fourth-order valence-corrected chi connectivity index (χ4v) is 1.23. The van der Waals surface area contributed by atoms with Gasteiger partial charge in [-0.25, -0.2) is 0 Å². The van der Waals surface area contributed by atoms with Crippen molar-refractivity contribution < 1.29 is 0 Å². The van der Waals surface area contributed by atoms with Gasteiger partial charge in [0.25, 0.3) is 0 Å². The molecule has 0 heterocycles. The molecule has 1 aromatic rings. The van der Waals surface area contributed by atoms with Gasteiger partial charge >= 0.3 is 0 Å². The average Bonchev–Trinajstić information content (AvgIpc) is 2.16. The van der Waals surface area contributed by atoms with Crippen LogP contribution in [0.1, 0.15) is 23.5 Å². The fraction of sp³-hybridized carbons (Fsp3) is 0.250. The molecule has 1 nitrogen and oxygen atoms in total. The average molecular weight is 171 g/mol. The Morgan fingerprint density at radius 3 is 2.54 bits per heavy atom. The van der Waals surface area contributed by atoms with Gasteiger partial charge in [-0.1, -0.05) is 35.9 Å². The van der Waals surface area contributed by atoms with Crippen LogP contribution in [0.2, 0.25) is 0 Å². The van der Waals surface area contributed by atoms with Gasteiger partial charge in [0.1, 0.15) is 0 Å². The van der Waals surface area contributed by atoms with E-state index in [0.29, 0.717) is 0 Å². The molecule has 0 unspecified atom stereocenters. The molecule has 0 saturated heterocycles. The molecule has 0 aliphatic carbocycles. The van der Waals surface area contributed by atoms with Gasteiger partial charge in [-0.2, -0.15) is 5.26 Å². The Morgan fingerprint density at radius 2 is 2.08 bits per heavy atom. The van der Waals surface area contributed by atoms with Crippen molar-refractivity contribution in [1.29, 1.82) is 5.26 Å². The number of hydrogen-bond acceptors (Lipinski definition) is 1. The van der Waals surface area contributed by atoms with Gasteiger partial charge in [0.2, 0.25) is 0 Å². The number of hydrogen-bond donors (Lipinski definition) is 0. The van der Waals surface area contributed by atoms with Crippen molar-refractivity contribution in [3.8, 4) is 6.07 Å². The van der Waals surface area contributed by atoms with Crippen molar-refractivity contribution in [3.63, 3.8) is 0 Å². The Morgan fingerprint density at radius 1 is 1.46 bits per heavy atom. The van der Waals surface area contributed by atoms with Crippen molar-refractivity contribution in [2.24, 2.45) is 0 Å². The van der Waals surface area contributed by atoms with Gasteiger partial charge in [-0.05, 0) is 18.9 Å². The summed E-state index contributed by atoms with van der Waals surface area (Å²) in [5.74, 6) is -0.0434. The summed E-state index contributed by atoms with van der Waals surface area (Å²) in [6.07, 6.45) is 2.51. The third kappa shape index (κ3) is 2.45. The van der Waals surface area contributed by atoms with E-state index in [-0.39, 0.29) is 5.92 Å². The van der Waals surface area contributed by atoms with E-state index in [1.807, 2.05) is 31.2 Å². The SMILES string of the molecule is C=CC[C@@H](C#N)c1ccc(C)cc1. The van der Waals surface area contributed by atoms with Gasteiger partial charge in [0.15, 0.2) is 0 Å². The lowest BCUT2D eigenvalue weighted by Crippen LogP contribution is -1.93. The summed E-state index contributed by atoms with van der Waals surface area (Å²) in [7, 11) is 0. The van der Waals surface area contributed by atoms with Gasteiger partial charge in [0.05, 0.1) is 12.0 Å². The first-order valence-electron chi connectivity index (χ1n) is 4.35.